The maximum atomic E-state index is 12.3. The van der Waals surface area contributed by atoms with Crippen molar-refractivity contribution < 1.29 is 14.3 Å². The lowest BCUT2D eigenvalue weighted by molar-refractivity contribution is -0.118. The highest BCUT2D eigenvalue weighted by molar-refractivity contribution is 7.99. The monoisotopic (exact) mass is 413 g/mol. The van der Waals surface area contributed by atoms with E-state index < -0.39 is 0 Å². The van der Waals surface area contributed by atoms with Gasteiger partial charge in [-0.3, -0.25) is 19.0 Å². The molecule has 0 unspecified atom stereocenters. The maximum Gasteiger partial charge on any atom is 0.255 e. The minimum Gasteiger partial charge on any atom is -0.454 e. The first kappa shape index (κ1) is 18.0. The summed E-state index contributed by atoms with van der Waals surface area (Å²) in [6.45, 7) is 0.627. The van der Waals surface area contributed by atoms with Gasteiger partial charge in [0.2, 0.25) is 18.5 Å². The van der Waals surface area contributed by atoms with Gasteiger partial charge in [-0.1, -0.05) is 17.8 Å². The Labute approximate surface area is 169 Å². The van der Waals surface area contributed by atoms with Crippen molar-refractivity contribution in [2.75, 3.05) is 12.5 Å². The number of amides is 1. The molecule has 2 N–H and O–H groups in total. The number of H-pyrrole nitrogens is 1. The van der Waals surface area contributed by atoms with Crippen LogP contribution in [0.1, 0.15) is 29.7 Å². The van der Waals surface area contributed by atoms with Crippen LogP contribution in [0.4, 0.5) is 0 Å². The Hall–Kier alpha value is -3.01. The van der Waals surface area contributed by atoms with Gasteiger partial charge in [0.25, 0.3) is 5.56 Å². The topological polar surface area (TPSA) is 111 Å². The van der Waals surface area contributed by atoms with E-state index in [1.807, 2.05) is 22.6 Å². The highest BCUT2D eigenvalue weighted by Gasteiger charge is 2.21. The van der Waals surface area contributed by atoms with Gasteiger partial charge in [-0.2, -0.15) is 0 Å². The van der Waals surface area contributed by atoms with Gasteiger partial charge in [-0.25, -0.2) is 0 Å². The molecule has 0 saturated carbocycles. The fourth-order valence-corrected chi connectivity index (χ4v) is 4.46. The molecule has 150 valence electrons. The third kappa shape index (κ3) is 3.44. The van der Waals surface area contributed by atoms with Crippen molar-refractivity contribution >= 4 is 23.4 Å². The summed E-state index contributed by atoms with van der Waals surface area (Å²) in [5.41, 5.74) is 2.62. The number of fused-ring (bicyclic) bond motifs is 4. The Morgan fingerprint density at radius 2 is 2.07 bits per heavy atom. The first-order chi connectivity index (χ1) is 14.2. The fourth-order valence-electron chi connectivity index (χ4n) is 3.68. The number of aromatic amines is 1. The number of carbonyl (C=O) groups is 1. The average Bonchev–Trinajstić information content (AvgIpc) is 3.37. The minimum absolute atomic E-state index is 0.0855. The average molecular weight is 413 g/mol. The highest BCUT2D eigenvalue weighted by atomic mass is 32.2. The quantitative estimate of drug-likeness (QED) is 0.609. The molecule has 0 saturated heterocycles. The van der Waals surface area contributed by atoms with Gasteiger partial charge in [-0.05, 0) is 43.4 Å². The molecule has 29 heavy (non-hydrogen) atoms. The van der Waals surface area contributed by atoms with Crippen molar-refractivity contribution in [3.05, 3.63) is 45.4 Å². The number of aryl methyl sites for hydroxylation is 1. The zero-order chi connectivity index (χ0) is 19.8. The molecule has 1 aliphatic heterocycles. The van der Waals surface area contributed by atoms with Crippen molar-refractivity contribution in [2.45, 2.75) is 37.4 Å². The van der Waals surface area contributed by atoms with E-state index in [1.165, 1.54) is 11.8 Å². The summed E-state index contributed by atoms with van der Waals surface area (Å²) in [7, 11) is 0. The molecule has 1 amide bonds. The number of thioether (sulfide) groups is 1. The van der Waals surface area contributed by atoms with Crippen LogP contribution >= 0.6 is 11.8 Å². The van der Waals surface area contributed by atoms with Crippen molar-refractivity contribution in [1.82, 2.24) is 24.9 Å². The molecule has 10 heteroatoms. The van der Waals surface area contributed by atoms with Gasteiger partial charge in [0.05, 0.1) is 5.75 Å². The second-order valence-electron chi connectivity index (χ2n) is 6.98. The van der Waals surface area contributed by atoms with Crippen LogP contribution in [0.15, 0.2) is 28.2 Å². The van der Waals surface area contributed by atoms with Crippen LogP contribution in [0.25, 0.3) is 5.78 Å². The van der Waals surface area contributed by atoms with E-state index >= 15 is 0 Å². The standard InChI is InChI=1S/C19H19N5O4S/c25-16(20-8-11-5-6-14-15(7-11)28-10-27-14)9-29-19-23-22-18-21-17(26)12-3-1-2-4-13(12)24(18)19/h5-7H,1-4,8-10H2,(H,20,25)(H,21,22,26). The van der Waals surface area contributed by atoms with Gasteiger partial charge in [0.15, 0.2) is 16.7 Å². The summed E-state index contributed by atoms with van der Waals surface area (Å²) < 4.78 is 12.5. The molecule has 1 aliphatic carbocycles. The Balaban J connectivity index is 1.26. The van der Waals surface area contributed by atoms with Gasteiger partial charge in [-0.15, -0.1) is 10.2 Å². The minimum atomic E-state index is -0.109. The zero-order valence-corrected chi connectivity index (χ0v) is 16.4. The third-order valence-corrected chi connectivity index (χ3v) is 6.03. The Morgan fingerprint density at radius 1 is 1.21 bits per heavy atom. The number of ether oxygens (including phenoxy) is 2. The number of rotatable bonds is 5. The van der Waals surface area contributed by atoms with Crippen molar-refractivity contribution in [3.8, 4) is 11.5 Å². The predicted octanol–water partition coefficient (Wildman–Crippen LogP) is 1.43. The molecule has 0 fully saturated rings. The Kier molecular flexibility index (Phi) is 4.62. The number of benzene rings is 1. The largest absolute Gasteiger partial charge is 0.454 e. The SMILES string of the molecule is O=C(CSc1nnc2[nH]c(=O)c3c(n12)CCCC3)NCc1ccc2c(c1)OCO2. The molecule has 0 spiro atoms. The second-order valence-corrected chi connectivity index (χ2v) is 7.92. The van der Waals surface area contributed by atoms with E-state index in [4.69, 9.17) is 9.47 Å². The molecule has 0 atom stereocenters. The van der Waals surface area contributed by atoms with Crippen LogP contribution in [0.2, 0.25) is 0 Å². The number of aromatic nitrogens is 4. The molecule has 3 heterocycles. The summed E-state index contributed by atoms with van der Waals surface area (Å²) in [6.07, 6.45) is 3.62. The molecule has 2 aliphatic rings. The lowest BCUT2D eigenvalue weighted by Gasteiger charge is -2.16. The third-order valence-electron chi connectivity index (χ3n) is 5.10. The smallest absolute Gasteiger partial charge is 0.255 e. The molecule has 0 bridgehead atoms. The molecule has 5 rings (SSSR count). The Bertz CT molecular complexity index is 1160. The lowest BCUT2D eigenvalue weighted by atomic mass is 9.97. The molecule has 3 aromatic rings. The number of carbonyl (C=O) groups excluding carboxylic acids is 1. The fraction of sp³-hybridized carbons (Fsp3) is 0.368. The summed E-state index contributed by atoms with van der Waals surface area (Å²) >= 11 is 1.31. The van der Waals surface area contributed by atoms with Crippen LogP contribution in [0, 0.1) is 0 Å². The first-order valence-electron chi connectivity index (χ1n) is 9.46. The van der Waals surface area contributed by atoms with Gasteiger partial charge < -0.3 is 14.8 Å². The van der Waals surface area contributed by atoms with E-state index in [9.17, 15) is 9.59 Å². The summed E-state index contributed by atoms with van der Waals surface area (Å²) in [6, 6.07) is 5.60. The normalized spacial score (nSPS) is 14.8. The molecule has 0 radical (unpaired) electrons. The maximum absolute atomic E-state index is 12.3. The van der Waals surface area contributed by atoms with E-state index in [0.29, 0.717) is 23.2 Å². The molecule has 1 aromatic carbocycles. The van der Waals surface area contributed by atoms with E-state index in [1.54, 1.807) is 0 Å². The van der Waals surface area contributed by atoms with E-state index in [-0.39, 0.29) is 24.0 Å². The van der Waals surface area contributed by atoms with Crippen LogP contribution in [-0.4, -0.2) is 38.0 Å². The van der Waals surface area contributed by atoms with Crippen LogP contribution in [0.5, 0.6) is 11.5 Å². The second kappa shape index (κ2) is 7.43. The van der Waals surface area contributed by atoms with Gasteiger partial charge in [0.1, 0.15) is 0 Å². The lowest BCUT2D eigenvalue weighted by Crippen LogP contribution is -2.25. The Morgan fingerprint density at radius 3 is 3.00 bits per heavy atom. The van der Waals surface area contributed by atoms with E-state index in [0.717, 1.165) is 48.3 Å². The van der Waals surface area contributed by atoms with Crippen LogP contribution in [0.3, 0.4) is 0 Å². The predicted molar refractivity (Wildman–Crippen MR) is 105 cm³/mol. The number of nitrogens with one attached hydrogen (secondary N) is 2. The van der Waals surface area contributed by atoms with Crippen molar-refractivity contribution in [2.24, 2.45) is 0 Å². The van der Waals surface area contributed by atoms with Gasteiger partial charge >= 0.3 is 0 Å². The van der Waals surface area contributed by atoms with Crippen LogP contribution < -0.4 is 20.3 Å². The zero-order valence-electron chi connectivity index (χ0n) is 15.6. The van der Waals surface area contributed by atoms with Crippen molar-refractivity contribution in [3.63, 3.8) is 0 Å². The highest BCUT2D eigenvalue weighted by Crippen LogP contribution is 2.32. The van der Waals surface area contributed by atoms with E-state index in [2.05, 4.69) is 20.5 Å². The van der Waals surface area contributed by atoms with Crippen molar-refractivity contribution in [1.29, 1.82) is 0 Å². The number of hydrogen-bond acceptors (Lipinski definition) is 7. The first-order valence-corrected chi connectivity index (χ1v) is 10.4. The molecule has 9 nitrogen and oxygen atoms in total. The molecular weight excluding hydrogens is 394 g/mol. The number of hydrogen-bond donors (Lipinski definition) is 2. The van der Waals surface area contributed by atoms with Crippen LogP contribution in [-0.2, 0) is 24.2 Å². The number of nitrogens with zero attached hydrogens (tertiary/aromatic N) is 3. The molecular formula is C19H19N5O4S. The van der Waals surface area contributed by atoms with Gasteiger partial charge in [0, 0.05) is 17.8 Å². The summed E-state index contributed by atoms with van der Waals surface area (Å²) in [5, 5.41) is 11.8. The summed E-state index contributed by atoms with van der Waals surface area (Å²) in [4.78, 5) is 27.3. The molecule has 2 aromatic heterocycles. The summed E-state index contributed by atoms with van der Waals surface area (Å²) in [5.74, 6) is 1.94.